The molecule has 1 aromatic carbocycles. The minimum Gasteiger partial charge on any atom is -0.352 e. The van der Waals surface area contributed by atoms with Crippen LogP contribution in [-0.2, 0) is 6.54 Å². The van der Waals surface area contributed by atoms with Crippen molar-refractivity contribution in [3.63, 3.8) is 0 Å². The highest BCUT2D eigenvalue weighted by Gasteiger charge is 2.22. The second-order valence-electron chi connectivity index (χ2n) is 6.64. The predicted octanol–water partition coefficient (Wildman–Crippen LogP) is 4.01. The van der Waals surface area contributed by atoms with Gasteiger partial charge < -0.3 is 10.2 Å². The molecule has 0 radical (unpaired) electrons. The van der Waals surface area contributed by atoms with Gasteiger partial charge in [-0.15, -0.1) is 24.0 Å². The van der Waals surface area contributed by atoms with Crippen LogP contribution in [-0.4, -0.2) is 51.8 Å². The van der Waals surface area contributed by atoms with Crippen LogP contribution in [0.3, 0.4) is 0 Å². The fraction of sp³-hybridized carbons (Fsp3) is 0.500. The first-order valence-corrected chi connectivity index (χ1v) is 10.4. The molecule has 1 N–H and O–H groups in total. The van der Waals surface area contributed by atoms with Gasteiger partial charge in [-0.3, -0.25) is 4.99 Å². The van der Waals surface area contributed by atoms with Gasteiger partial charge in [-0.05, 0) is 32.4 Å². The van der Waals surface area contributed by atoms with Gasteiger partial charge >= 0.3 is 0 Å². The molecule has 1 saturated heterocycles. The van der Waals surface area contributed by atoms with E-state index >= 15 is 0 Å². The van der Waals surface area contributed by atoms with E-state index in [9.17, 15) is 0 Å². The number of guanidine groups is 1. The Hall–Kier alpha value is -1.22. The highest BCUT2D eigenvalue weighted by molar-refractivity contribution is 14.0. The van der Waals surface area contributed by atoms with Crippen molar-refractivity contribution in [2.75, 3.05) is 25.9 Å². The molecule has 148 valence electrons. The van der Waals surface area contributed by atoms with Crippen LogP contribution in [0, 0.1) is 13.8 Å². The van der Waals surface area contributed by atoms with E-state index in [4.69, 9.17) is 5.10 Å². The van der Waals surface area contributed by atoms with Crippen LogP contribution in [0.4, 0.5) is 0 Å². The van der Waals surface area contributed by atoms with Crippen LogP contribution >= 0.6 is 35.7 Å². The quantitative estimate of drug-likeness (QED) is 0.393. The standard InChI is InChI=1S/C20H29N5S.HI/c1-5-18-14-24(11-12-26-18)20(21-4)22-13-19-15(2)23-25(16(19)3)17-9-7-6-8-10-17;/h6-10,18H,5,11-14H2,1-4H3,(H,21,22);1H. The predicted molar refractivity (Wildman–Crippen MR) is 127 cm³/mol. The number of nitrogens with one attached hydrogen (secondary N) is 1. The van der Waals surface area contributed by atoms with E-state index in [1.54, 1.807) is 0 Å². The Kier molecular flexibility index (Phi) is 8.47. The monoisotopic (exact) mass is 499 g/mol. The molecule has 1 aliphatic rings. The third-order valence-corrected chi connectivity index (χ3v) is 6.34. The van der Waals surface area contributed by atoms with Crippen molar-refractivity contribution >= 4 is 41.7 Å². The number of aryl methyl sites for hydroxylation is 1. The van der Waals surface area contributed by atoms with Crippen molar-refractivity contribution in [3.8, 4) is 5.69 Å². The van der Waals surface area contributed by atoms with Crippen molar-refractivity contribution in [1.82, 2.24) is 20.0 Å². The first-order valence-electron chi connectivity index (χ1n) is 9.31. The summed E-state index contributed by atoms with van der Waals surface area (Å²) in [6, 6.07) is 10.3. The van der Waals surface area contributed by atoms with E-state index in [1.807, 2.05) is 29.9 Å². The summed E-state index contributed by atoms with van der Waals surface area (Å²) in [5.41, 5.74) is 4.59. The molecule has 0 saturated carbocycles. The molecule has 0 spiro atoms. The zero-order valence-corrected chi connectivity index (χ0v) is 19.8. The molecule has 27 heavy (non-hydrogen) atoms. The van der Waals surface area contributed by atoms with E-state index in [-0.39, 0.29) is 24.0 Å². The highest BCUT2D eigenvalue weighted by Crippen LogP contribution is 2.21. The number of nitrogens with zero attached hydrogens (tertiary/aromatic N) is 4. The number of aliphatic imine (C=N–C) groups is 1. The van der Waals surface area contributed by atoms with Gasteiger partial charge in [0.05, 0.1) is 11.4 Å². The van der Waals surface area contributed by atoms with Crippen LogP contribution < -0.4 is 5.32 Å². The fourth-order valence-corrected chi connectivity index (χ4v) is 4.59. The Morgan fingerprint density at radius 2 is 2.04 bits per heavy atom. The van der Waals surface area contributed by atoms with Crippen LogP contribution in [0.2, 0.25) is 0 Å². The van der Waals surface area contributed by atoms with Gasteiger partial charge in [0.15, 0.2) is 5.96 Å². The maximum atomic E-state index is 4.74. The largest absolute Gasteiger partial charge is 0.352 e. The Morgan fingerprint density at radius 1 is 1.30 bits per heavy atom. The molecule has 0 amide bonds. The Bertz CT molecular complexity index is 759. The summed E-state index contributed by atoms with van der Waals surface area (Å²) < 4.78 is 2.03. The van der Waals surface area contributed by atoms with Crippen LogP contribution in [0.25, 0.3) is 5.69 Å². The van der Waals surface area contributed by atoms with Crippen molar-refractivity contribution in [2.45, 2.75) is 39.0 Å². The van der Waals surface area contributed by atoms with Crippen LogP contribution in [0.15, 0.2) is 35.3 Å². The molecular formula is C20H30IN5S. The molecule has 2 heterocycles. The zero-order chi connectivity index (χ0) is 18.5. The molecule has 1 unspecified atom stereocenters. The van der Waals surface area contributed by atoms with Crippen molar-refractivity contribution < 1.29 is 0 Å². The number of halogens is 1. The molecule has 3 rings (SSSR count). The highest BCUT2D eigenvalue weighted by atomic mass is 127. The number of benzene rings is 1. The molecule has 1 aliphatic heterocycles. The molecule has 0 aliphatic carbocycles. The second-order valence-corrected chi connectivity index (χ2v) is 8.05. The summed E-state index contributed by atoms with van der Waals surface area (Å²) in [7, 11) is 1.87. The third-order valence-electron chi connectivity index (χ3n) is 4.97. The van der Waals surface area contributed by atoms with Crippen molar-refractivity contribution in [1.29, 1.82) is 0 Å². The first kappa shape index (κ1) is 22.1. The van der Waals surface area contributed by atoms with E-state index in [2.05, 4.69) is 59.9 Å². The van der Waals surface area contributed by atoms with Gasteiger partial charge in [0.25, 0.3) is 0 Å². The summed E-state index contributed by atoms with van der Waals surface area (Å²) in [5.74, 6) is 2.17. The van der Waals surface area contributed by atoms with Crippen LogP contribution in [0.1, 0.15) is 30.3 Å². The SMILES string of the molecule is CCC1CN(C(=NC)NCc2c(C)nn(-c3ccccc3)c2C)CCS1.I. The summed E-state index contributed by atoms with van der Waals surface area (Å²) in [6.45, 7) is 9.36. The Morgan fingerprint density at radius 3 is 2.70 bits per heavy atom. The van der Waals surface area contributed by atoms with Crippen LogP contribution in [0.5, 0.6) is 0 Å². The smallest absolute Gasteiger partial charge is 0.193 e. The van der Waals surface area contributed by atoms with Gasteiger partial charge in [0.2, 0.25) is 0 Å². The molecule has 5 nitrogen and oxygen atoms in total. The lowest BCUT2D eigenvalue weighted by Gasteiger charge is -2.34. The number of thioether (sulfide) groups is 1. The Labute approximate surface area is 184 Å². The lowest BCUT2D eigenvalue weighted by atomic mass is 10.2. The fourth-order valence-electron chi connectivity index (χ4n) is 3.41. The average Bonchev–Trinajstić information content (AvgIpc) is 2.97. The average molecular weight is 499 g/mol. The van der Waals surface area contributed by atoms with Crippen molar-refractivity contribution in [2.24, 2.45) is 4.99 Å². The van der Waals surface area contributed by atoms with E-state index in [0.29, 0.717) is 5.25 Å². The summed E-state index contributed by atoms with van der Waals surface area (Å²) >= 11 is 2.08. The number of hydrogen-bond donors (Lipinski definition) is 1. The van der Waals surface area contributed by atoms with Gasteiger partial charge in [-0.2, -0.15) is 16.9 Å². The minimum atomic E-state index is 0. The van der Waals surface area contributed by atoms with Gasteiger partial charge in [-0.1, -0.05) is 25.1 Å². The van der Waals surface area contributed by atoms with Gasteiger partial charge in [0, 0.05) is 48.9 Å². The first-order chi connectivity index (χ1) is 12.6. The lowest BCUT2D eigenvalue weighted by molar-refractivity contribution is 0.408. The van der Waals surface area contributed by atoms with Crippen molar-refractivity contribution in [3.05, 3.63) is 47.3 Å². The summed E-state index contributed by atoms with van der Waals surface area (Å²) in [6.07, 6.45) is 1.21. The molecule has 2 aromatic rings. The molecule has 0 bridgehead atoms. The second kappa shape index (κ2) is 10.4. The summed E-state index contributed by atoms with van der Waals surface area (Å²) in [5, 5.41) is 9.00. The normalized spacial score (nSPS) is 17.6. The van der Waals surface area contributed by atoms with E-state index < -0.39 is 0 Å². The maximum Gasteiger partial charge on any atom is 0.193 e. The van der Waals surface area contributed by atoms with Gasteiger partial charge in [0.1, 0.15) is 0 Å². The number of hydrogen-bond acceptors (Lipinski definition) is 3. The van der Waals surface area contributed by atoms with E-state index in [0.717, 1.165) is 37.0 Å². The molecule has 1 aromatic heterocycles. The molecule has 7 heteroatoms. The zero-order valence-electron chi connectivity index (χ0n) is 16.6. The third kappa shape index (κ3) is 5.19. The Balaban J connectivity index is 0.00000261. The molecular weight excluding hydrogens is 469 g/mol. The topological polar surface area (TPSA) is 45.4 Å². The molecule has 1 atom stereocenters. The number of aromatic nitrogens is 2. The number of rotatable bonds is 4. The number of para-hydroxylation sites is 1. The lowest BCUT2D eigenvalue weighted by Crippen LogP contribution is -2.47. The maximum absolute atomic E-state index is 4.74. The minimum absolute atomic E-state index is 0. The van der Waals surface area contributed by atoms with Gasteiger partial charge in [-0.25, -0.2) is 4.68 Å². The molecule has 1 fully saturated rings. The summed E-state index contributed by atoms with van der Waals surface area (Å²) in [4.78, 5) is 6.90. The van der Waals surface area contributed by atoms with E-state index in [1.165, 1.54) is 23.4 Å².